The Balaban J connectivity index is 1.19. The third-order valence-electron chi connectivity index (χ3n) is 13.6. The molecule has 11 aromatic carbocycles. The Hall–Kier alpha value is -8.00. The van der Waals surface area contributed by atoms with Crippen molar-refractivity contribution < 1.29 is 0 Å². The van der Waals surface area contributed by atoms with Gasteiger partial charge in [-0.3, -0.25) is 0 Å². The summed E-state index contributed by atoms with van der Waals surface area (Å²) in [5.41, 5.74) is 17.9. The van der Waals surface area contributed by atoms with Gasteiger partial charge in [0.25, 0.3) is 0 Å². The second-order valence-corrected chi connectivity index (χ2v) is 16.8. The lowest BCUT2D eigenvalue weighted by Crippen LogP contribution is -2.36. The first-order valence-electron chi connectivity index (χ1n) is 21.6. The summed E-state index contributed by atoms with van der Waals surface area (Å²) in [4.78, 5) is 2.49. The van der Waals surface area contributed by atoms with Gasteiger partial charge in [0, 0.05) is 16.9 Å². The molecular weight excluding hydrogens is 747 g/mol. The summed E-state index contributed by atoms with van der Waals surface area (Å²) in [5, 5.41) is 7.59. The molecule has 11 aromatic rings. The normalized spacial score (nSPS) is 14.5. The topological polar surface area (TPSA) is 3.24 Å². The first kappa shape index (κ1) is 34.8. The molecular formula is C61H39N. The molecule has 1 spiro atoms. The van der Waals surface area contributed by atoms with Crippen LogP contribution in [0.5, 0.6) is 0 Å². The number of para-hydroxylation sites is 1. The van der Waals surface area contributed by atoms with Gasteiger partial charge in [-0.1, -0.05) is 194 Å². The summed E-state index contributed by atoms with van der Waals surface area (Å²) in [5.74, 6) is 0. The van der Waals surface area contributed by atoms with E-state index in [2.05, 4.69) is 241 Å². The fraction of sp³-hybridized carbons (Fsp3) is 0.0164. The van der Waals surface area contributed by atoms with Gasteiger partial charge in [-0.15, -0.1) is 0 Å². The van der Waals surface area contributed by atoms with Gasteiger partial charge in [0.15, 0.2) is 0 Å². The minimum Gasteiger partial charge on any atom is -0.310 e. The van der Waals surface area contributed by atoms with Crippen LogP contribution in [0.4, 0.5) is 17.1 Å². The van der Waals surface area contributed by atoms with E-state index in [1.807, 2.05) is 0 Å². The van der Waals surface area contributed by atoms with E-state index in [4.69, 9.17) is 0 Å². The van der Waals surface area contributed by atoms with Crippen LogP contribution in [-0.2, 0) is 5.41 Å². The Bertz CT molecular complexity index is 3550. The van der Waals surface area contributed by atoms with Gasteiger partial charge in [0.2, 0.25) is 0 Å². The molecule has 288 valence electrons. The lowest BCUT2D eigenvalue weighted by molar-refractivity contribution is 0.755. The fourth-order valence-electron chi connectivity index (χ4n) is 11.0. The van der Waals surface area contributed by atoms with Gasteiger partial charge in [0.1, 0.15) is 0 Å². The van der Waals surface area contributed by atoms with Crippen LogP contribution in [0.25, 0.3) is 76.8 Å². The van der Waals surface area contributed by atoms with Crippen molar-refractivity contribution in [2.45, 2.75) is 5.41 Å². The zero-order valence-corrected chi connectivity index (χ0v) is 34.0. The molecule has 0 saturated heterocycles. The molecule has 1 atom stereocenters. The molecule has 0 aromatic heterocycles. The molecule has 1 heteroatoms. The highest BCUT2D eigenvalue weighted by atomic mass is 15.1. The van der Waals surface area contributed by atoms with Crippen LogP contribution in [0.2, 0.25) is 0 Å². The molecule has 0 amide bonds. The van der Waals surface area contributed by atoms with Crippen LogP contribution < -0.4 is 4.90 Å². The summed E-state index contributed by atoms with van der Waals surface area (Å²) in [7, 11) is 0. The Morgan fingerprint density at radius 2 is 0.758 bits per heavy atom. The van der Waals surface area contributed by atoms with Gasteiger partial charge >= 0.3 is 0 Å². The molecule has 2 aliphatic rings. The third kappa shape index (κ3) is 4.97. The van der Waals surface area contributed by atoms with Crippen molar-refractivity contribution in [3.05, 3.63) is 259 Å². The molecule has 1 nitrogen and oxygen atoms in total. The van der Waals surface area contributed by atoms with Crippen molar-refractivity contribution in [1.82, 2.24) is 0 Å². The second-order valence-electron chi connectivity index (χ2n) is 16.8. The van der Waals surface area contributed by atoms with Crippen molar-refractivity contribution in [2.24, 2.45) is 0 Å². The molecule has 0 radical (unpaired) electrons. The zero-order chi connectivity index (χ0) is 40.8. The Morgan fingerprint density at radius 1 is 0.258 bits per heavy atom. The van der Waals surface area contributed by atoms with Crippen LogP contribution in [0.3, 0.4) is 0 Å². The average Bonchev–Trinajstić information content (AvgIpc) is 3.34. The van der Waals surface area contributed by atoms with Crippen molar-refractivity contribution >= 4 is 49.4 Å². The molecule has 13 rings (SSSR count). The van der Waals surface area contributed by atoms with Crippen LogP contribution >= 0.6 is 0 Å². The number of nitrogens with zero attached hydrogens (tertiary/aromatic N) is 1. The lowest BCUT2D eigenvalue weighted by atomic mass is 9.55. The summed E-state index contributed by atoms with van der Waals surface area (Å²) in [6.45, 7) is 0. The van der Waals surface area contributed by atoms with E-state index in [1.54, 1.807) is 0 Å². The van der Waals surface area contributed by atoms with Gasteiger partial charge < -0.3 is 4.90 Å². The predicted octanol–water partition coefficient (Wildman–Crippen LogP) is 16.3. The van der Waals surface area contributed by atoms with E-state index in [0.29, 0.717) is 0 Å². The van der Waals surface area contributed by atoms with Crippen LogP contribution in [0.1, 0.15) is 22.3 Å². The van der Waals surface area contributed by atoms with E-state index >= 15 is 0 Å². The second kappa shape index (κ2) is 13.5. The van der Waals surface area contributed by atoms with Gasteiger partial charge in [-0.25, -0.2) is 0 Å². The Labute approximate surface area is 361 Å². The smallest absolute Gasteiger partial charge is 0.0726 e. The standard InChI is InChI=1S/C61H39N/c1-4-16-40(17-5-1)46-32-34-49-51-28-12-22-42-24-14-30-54(59(42)51)61(56(49)37-46)55-31-15-25-43-23-13-29-52(60(43)55)50-35-33-48(39-57(50)61)62(47-26-8-3-9-27-47)58-38-45-21-11-10-20-44(45)36-53(58)41-18-6-2-7-19-41/h1-39H. The van der Waals surface area contributed by atoms with Gasteiger partial charge in [-0.05, 0) is 136 Å². The largest absolute Gasteiger partial charge is 0.310 e. The number of rotatable bonds is 5. The molecule has 2 aliphatic carbocycles. The Morgan fingerprint density at radius 3 is 1.39 bits per heavy atom. The van der Waals surface area contributed by atoms with E-state index in [0.717, 1.165) is 17.1 Å². The zero-order valence-electron chi connectivity index (χ0n) is 34.0. The van der Waals surface area contributed by atoms with Crippen LogP contribution in [0.15, 0.2) is 237 Å². The van der Waals surface area contributed by atoms with E-state index in [9.17, 15) is 0 Å². The minimum atomic E-state index is -0.652. The summed E-state index contributed by atoms with van der Waals surface area (Å²) >= 11 is 0. The van der Waals surface area contributed by atoms with Crippen molar-refractivity contribution in [1.29, 1.82) is 0 Å². The molecule has 0 saturated carbocycles. The molecule has 0 N–H and O–H groups in total. The average molecular weight is 786 g/mol. The highest BCUT2D eigenvalue weighted by Gasteiger charge is 2.49. The monoisotopic (exact) mass is 785 g/mol. The summed E-state index contributed by atoms with van der Waals surface area (Å²) in [6.07, 6.45) is 0. The maximum atomic E-state index is 2.53. The highest BCUT2D eigenvalue weighted by molar-refractivity contribution is 6.11. The maximum absolute atomic E-state index is 2.53. The first-order valence-corrected chi connectivity index (χ1v) is 21.6. The molecule has 0 aliphatic heterocycles. The quantitative estimate of drug-likeness (QED) is 0.168. The summed E-state index contributed by atoms with van der Waals surface area (Å²) in [6, 6.07) is 88.3. The summed E-state index contributed by atoms with van der Waals surface area (Å²) < 4.78 is 0. The number of hydrogen-bond donors (Lipinski definition) is 0. The van der Waals surface area contributed by atoms with Crippen LogP contribution in [0, 0.1) is 0 Å². The minimum absolute atomic E-state index is 0.652. The molecule has 0 bridgehead atoms. The number of benzene rings is 11. The van der Waals surface area contributed by atoms with Gasteiger partial charge in [-0.2, -0.15) is 0 Å². The van der Waals surface area contributed by atoms with Crippen LogP contribution in [-0.4, -0.2) is 0 Å². The van der Waals surface area contributed by atoms with E-state index in [1.165, 1.54) is 99.1 Å². The van der Waals surface area contributed by atoms with Crippen molar-refractivity contribution in [3.8, 4) is 44.5 Å². The molecule has 62 heavy (non-hydrogen) atoms. The van der Waals surface area contributed by atoms with E-state index in [-0.39, 0.29) is 0 Å². The van der Waals surface area contributed by atoms with E-state index < -0.39 is 5.41 Å². The van der Waals surface area contributed by atoms with Crippen molar-refractivity contribution in [2.75, 3.05) is 4.90 Å². The Kier molecular flexibility index (Phi) is 7.59. The fourth-order valence-corrected chi connectivity index (χ4v) is 11.0. The molecule has 1 unspecified atom stereocenters. The SMILES string of the molecule is c1ccc(-c2ccc3c(c2)C2(c4cc(N(c5ccccc5)c5cc6ccccc6cc5-c5ccccc5)ccc4-c4cccc5cccc2c45)c2cccc4cccc-3c24)cc1. The lowest BCUT2D eigenvalue weighted by Gasteiger charge is -2.46. The number of anilines is 3. The number of hydrogen-bond acceptors (Lipinski definition) is 1. The maximum Gasteiger partial charge on any atom is 0.0726 e. The molecule has 0 fully saturated rings. The van der Waals surface area contributed by atoms with Gasteiger partial charge in [0.05, 0.1) is 11.1 Å². The van der Waals surface area contributed by atoms with Crippen molar-refractivity contribution in [3.63, 3.8) is 0 Å². The third-order valence-corrected chi connectivity index (χ3v) is 13.6. The highest BCUT2D eigenvalue weighted by Crippen LogP contribution is 2.62. The first-order chi connectivity index (χ1) is 30.8. The number of fused-ring (bicyclic) bond motifs is 9. The molecule has 0 heterocycles. The predicted molar refractivity (Wildman–Crippen MR) is 261 cm³/mol.